The zero-order valence-electron chi connectivity index (χ0n) is 16.3. The van der Waals surface area contributed by atoms with E-state index in [0.29, 0.717) is 29.0 Å². The minimum absolute atomic E-state index is 0.121. The highest BCUT2D eigenvalue weighted by molar-refractivity contribution is 6.77. The molecule has 1 saturated carbocycles. The third-order valence-electron chi connectivity index (χ3n) is 6.24. The minimum atomic E-state index is -2.15. The van der Waals surface area contributed by atoms with Gasteiger partial charge in [0.25, 0.3) is 8.32 Å². The van der Waals surface area contributed by atoms with E-state index in [9.17, 15) is 4.79 Å². The summed E-state index contributed by atoms with van der Waals surface area (Å²) in [6, 6.07) is 0. The highest BCUT2D eigenvalue weighted by atomic mass is 28.4. The molecule has 3 atom stereocenters. The molecule has 2 rings (SSSR count). The predicted octanol–water partition coefficient (Wildman–Crippen LogP) is 4.66. The van der Waals surface area contributed by atoms with Gasteiger partial charge in [0, 0.05) is 12.5 Å². The second-order valence-electron chi connectivity index (χ2n) is 8.24. The van der Waals surface area contributed by atoms with Gasteiger partial charge in [-0.05, 0) is 29.5 Å². The lowest BCUT2D eigenvalue weighted by Crippen LogP contribution is -2.49. The zero-order valence-corrected chi connectivity index (χ0v) is 17.3. The SMILES string of the molecule is C=C(O[Si](C(C)C)(C(C)C)C(C)C)C1(C(=O)OC)C2CCCOC21. The normalized spacial score (nSPS) is 29.6. The lowest BCUT2D eigenvalue weighted by molar-refractivity contribution is -0.148. The summed E-state index contributed by atoms with van der Waals surface area (Å²) in [5.41, 5.74) is 0.518. The molecule has 0 aromatic carbocycles. The third kappa shape index (κ3) is 2.64. The Hall–Kier alpha value is -0.813. The van der Waals surface area contributed by atoms with Gasteiger partial charge in [0.1, 0.15) is 0 Å². The molecule has 0 radical (unpaired) electrons. The van der Waals surface area contributed by atoms with E-state index in [1.807, 2.05) is 0 Å². The molecule has 0 spiro atoms. The van der Waals surface area contributed by atoms with Gasteiger partial charge in [-0.3, -0.25) is 4.79 Å². The van der Waals surface area contributed by atoms with Gasteiger partial charge in [-0.1, -0.05) is 48.1 Å². The van der Waals surface area contributed by atoms with Gasteiger partial charge in [-0.25, -0.2) is 0 Å². The van der Waals surface area contributed by atoms with Crippen molar-refractivity contribution in [2.24, 2.45) is 11.3 Å². The fourth-order valence-corrected chi connectivity index (χ4v) is 10.4. The number of fused-ring (bicyclic) bond motifs is 1. The van der Waals surface area contributed by atoms with E-state index >= 15 is 0 Å². The molecule has 24 heavy (non-hydrogen) atoms. The number of rotatable bonds is 7. The standard InChI is InChI=1S/C19H34O4Si/c1-12(2)24(13(3)4,14(5)6)23-15(7)19(18(20)21-8)16-10-9-11-22-17(16)19/h12-14,16-17H,7,9-11H2,1-6,8H3. The largest absolute Gasteiger partial charge is 0.545 e. The lowest BCUT2D eigenvalue weighted by atomic mass is 10.00. The van der Waals surface area contributed by atoms with Crippen LogP contribution in [0.5, 0.6) is 0 Å². The number of esters is 1. The van der Waals surface area contributed by atoms with Crippen LogP contribution in [0, 0.1) is 11.3 Å². The minimum Gasteiger partial charge on any atom is -0.545 e. The van der Waals surface area contributed by atoms with Crippen LogP contribution in [-0.2, 0) is 18.7 Å². The summed E-state index contributed by atoms with van der Waals surface area (Å²) in [5.74, 6) is 0.502. The Labute approximate surface area is 148 Å². The summed E-state index contributed by atoms with van der Waals surface area (Å²) < 4.78 is 17.8. The maximum atomic E-state index is 12.7. The van der Waals surface area contributed by atoms with Crippen molar-refractivity contribution in [2.45, 2.75) is 77.1 Å². The summed E-state index contributed by atoms with van der Waals surface area (Å²) in [5, 5.41) is 0. The van der Waals surface area contributed by atoms with Crippen LogP contribution >= 0.6 is 0 Å². The van der Waals surface area contributed by atoms with Crippen molar-refractivity contribution < 1.29 is 18.7 Å². The highest BCUT2D eigenvalue weighted by Crippen LogP contribution is 2.65. The summed E-state index contributed by atoms with van der Waals surface area (Å²) in [4.78, 5) is 12.7. The number of hydrogen-bond donors (Lipinski definition) is 0. The summed E-state index contributed by atoms with van der Waals surface area (Å²) in [6.07, 6.45) is 1.83. The maximum Gasteiger partial charge on any atom is 0.322 e. The fraction of sp³-hybridized carbons (Fsp3) is 0.842. The number of carbonyl (C=O) groups is 1. The highest BCUT2D eigenvalue weighted by Gasteiger charge is 2.75. The third-order valence-corrected chi connectivity index (χ3v) is 12.3. The fourth-order valence-electron chi connectivity index (χ4n) is 5.13. The molecule has 2 fully saturated rings. The van der Waals surface area contributed by atoms with Crippen LogP contribution < -0.4 is 0 Å². The monoisotopic (exact) mass is 354 g/mol. The lowest BCUT2D eigenvalue weighted by Gasteiger charge is -2.43. The number of carbonyl (C=O) groups excluding carboxylic acids is 1. The average Bonchev–Trinajstić information content (AvgIpc) is 3.20. The van der Waals surface area contributed by atoms with Crippen molar-refractivity contribution in [2.75, 3.05) is 13.7 Å². The first-order chi connectivity index (χ1) is 11.2. The van der Waals surface area contributed by atoms with Crippen LogP contribution in [0.1, 0.15) is 54.4 Å². The van der Waals surface area contributed by atoms with Crippen molar-refractivity contribution in [1.82, 2.24) is 0 Å². The van der Waals surface area contributed by atoms with Crippen LogP contribution in [0.15, 0.2) is 12.3 Å². The van der Waals surface area contributed by atoms with Gasteiger partial charge in [-0.15, -0.1) is 0 Å². The number of hydrogen-bond acceptors (Lipinski definition) is 4. The first kappa shape index (κ1) is 19.5. The molecule has 5 heteroatoms. The topological polar surface area (TPSA) is 44.8 Å². The molecular weight excluding hydrogens is 320 g/mol. The number of methoxy groups -OCH3 is 1. The van der Waals surface area contributed by atoms with E-state index in [-0.39, 0.29) is 18.0 Å². The Balaban J connectivity index is 2.36. The summed E-state index contributed by atoms with van der Waals surface area (Å²) in [7, 11) is -0.702. The molecule has 2 aliphatic rings. The van der Waals surface area contributed by atoms with Gasteiger partial charge in [0.2, 0.25) is 0 Å². The van der Waals surface area contributed by atoms with Crippen molar-refractivity contribution in [3.05, 3.63) is 12.3 Å². The first-order valence-corrected chi connectivity index (χ1v) is 11.4. The van der Waals surface area contributed by atoms with Gasteiger partial charge < -0.3 is 13.9 Å². The van der Waals surface area contributed by atoms with Crippen molar-refractivity contribution in [3.8, 4) is 0 Å². The van der Waals surface area contributed by atoms with Crippen molar-refractivity contribution in [1.29, 1.82) is 0 Å². The maximum absolute atomic E-state index is 12.7. The molecule has 1 aliphatic heterocycles. The Morgan fingerprint density at radius 3 is 2.08 bits per heavy atom. The number of ether oxygens (including phenoxy) is 2. The average molecular weight is 355 g/mol. The summed E-state index contributed by atoms with van der Waals surface area (Å²) in [6.45, 7) is 18.4. The zero-order chi connectivity index (χ0) is 18.3. The second-order valence-corrected chi connectivity index (χ2v) is 13.6. The molecule has 1 saturated heterocycles. The second kappa shape index (κ2) is 6.83. The molecule has 4 nitrogen and oxygen atoms in total. The molecule has 0 amide bonds. The van der Waals surface area contributed by atoms with E-state index < -0.39 is 13.7 Å². The van der Waals surface area contributed by atoms with Crippen LogP contribution in [0.2, 0.25) is 16.6 Å². The van der Waals surface area contributed by atoms with Crippen LogP contribution in [0.4, 0.5) is 0 Å². The van der Waals surface area contributed by atoms with E-state index in [4.69, 9.17) is 13.9 Å². The Morgan fingerprint density at radius 2 is 1.71 bits per heavy atom. The molecule has 0 bridgehead atoms. The van der Waals surface area contributed by atoms with Crippen LogP contribution in [0.3, 0.4) is 0 Å². The van der Waals surface area contributed by atoms with E-state index in [1.165, 1.54) is 7.11 Å². The van der Waals surface area contributed by atoms with Gasteiger partial charge >= 0.3 is 5.97 Å². The molecule has 1 aliphatic carbocycles. The quantitative estimate of drug-likeness (QED) is 0.379. The van der Waals surface area contributed by atoms with Crippen molar-refractivity contribution in [3.63, 3.8) is 0 Å². The van der Waals surface area contributed by atoms with Crippen LogP contribution in [0.25, 0.3) is 0 Å². The summed E-state index contributed by atoms with van der Waals surface area (Å²) >= 11 is 0. The smallest absolute Gasteiger partial charge is 0.322 e. The first-order valence-electron chi connectivity index (χ1n) is 9.25. The van der Waals surface area contributed by atoms with Crippen LogP contribution in [-0.4, -0.2) is 34.1 Å². The Morgan fingerprint density at radius 1 is 1.17 bits per heavy atom. The van der Waals surface area contributed by atoms with E-state index in [0.717, 1.165) is 12.8 Å². The molecule has 0 aromatic rings. The van der Waals surface area contributed by atoms with Gasteiger partial charge in [0.05, 0.1) is 19.0 Å². The predicted molar refractivity (Wildman–Crippen MR) is 98.2 cm³/mol. The van der Waals surface area contributed by atoms with E-state index in [2.05, 4.69) is 48.1 Å². The Kier molecular flexibility index (Phi) is 5.55. The van der Waals surface area contributed by atoms with Crippen molar-refractivity contribution >= 4 is 14.3 Å². The molecule has 0 N–H and O–H groups in total. The molecule has 0 aromatic heterocycles. The van der Waals surface area contributed by atoms with Gasteiger partial charge in [0.15, 0.2) is 5.41 Å². The van der Waals surface area contributed by atoms with E-state index in [1.54, 1.807) is 0 Å². The molecule has 3 unspecified atom stereocenters. The Bertz CT molecular complexity index is 464. The molecule has 138 valence electrons. The molecule has 1 heterocycles. The molecular formula is C19H34O4Si. The van der Waals surface area contributed by atoms with Gasteiger partial charge in [-0.2, -0.15) is 0 Å².